The maximum absolute atomic E-state index is 13.2. The van der Waals surface area contributed by atoms with Crippen LogP contribution >= 0.6 is 0 Å². The summed E-state index contributed by atoms with van der Waals surface area (Å²) in [7, 11) is 1.50. The molecule has 0 amide bonds. The van der Waals surface area contributed by atoms with Crippen molar-refractivity contribution in [3.05, 3.63) is 34.1 Å². The first kappa shape index (κ1) is 14.3. The molecule has 0 fully saturated rings. The highest BCUT2D eigenvalue weighted by molar-refractivity contribution is 5.52. The summed E-state index contributed by atoms with van der Waals surface area (Å²) in [5.41, 5.74) is -0.0325. The molecule has 0 aliphatic carbocycles. The second-order valence-electron chi connectivity index (χ2n) is 3.76. The van der Waals surface area contributed by atoms with Crippen molar-refractivity contribution in [1.29, 1.82) is 0 Å². The molecule has 7 heteroatoms. The third-order valence-corrected chi connectivity index (χ3v) is 2.31. The summed E-state index contributed by atoms with van der Waals surface area (Å²) in [6.07, 6.45) is 0.401. The number of rotatable bonds is 7. The van der Waals surface area contributed by atoms with Gasteiger partial charge in [0.15, 0.2) is 0 Å². The van der Waals surface area contributed by atoms with Crippen LogP contribution in [0.1, 0.15) is 6.42 Å². The fraction of sp³-hybridized carbons (Fsp3) is 0.455. The van der Waals surface area contributed by atoms with Crippen LogP contribution in [0.3, 0.4) is 0 Å². The van der Waals surface area contributed by atoms with Gasteiger partial charge in [-0.2, -0.15) is 0 Å². The lowest BCUT2D eigenvalue weighted by molar-refractivity contribution is -0.385. The monoisotopic (exact) mass is 258 g/mol. The van der Waals surface area contributed by atoms with Gasteiger partial charge in [-0.05, 0) is 12.5 Å². The van der Waals surface area contributed by atoms with Gasteiger partial charge in [0.2, 0.25) is 0 Å². The van der Waals surface area contributed by atoms with E-state index >= 15 is 0 Å². The Morgan fingerprint density at radius 2 is 2.28 bits per heavy atom. The van der Waals surface area contributed by atoms with Crippen LogP contribution in [0.4, 0.5) is 15.8 Å². The number of aliphatic hydroxyl groups excluding tert-OH is 1. The molecule has 18 heavy (non-hydrogen) atoms. The summed E-state index contributed by atoms with van der Waals surface area (Å²) in [5, 5.41) is 22.3. The first-order valence-electron chi connectivity index (χ1n) is 5.38. The molecule has 1 atom stereocenters. The zero-order chi connectivity index (χ0) is 13.5. The molecule has 2 N–H and O–H groups in total. The normalized spacial score (nSPS) is 12.2. The van der Waals surface area contributed by atoms with Gasteiger partial charge in [0.1, 0.15) is 5.82 Å². The molecule has 1 unspecified atom stereocenters. The average molecular weight is 258 g/mol. The second kappa shape index (κ2) is 6.87. The van der Waals surface area contributed by atoms with Crippen LogP contribution in [0.15, 0.2) is 18.2 Å². The maximum atomic E-state index is 13.2. The van der Waals surface area contributed by atoms with Gasteiger partial charge in [-0.3, -0.25) is 10.1 Å². The summed E-state index contributed by atoms with van der Waals surface area (Å²) in [6, 6.07) is 3.01. The van der Waals surface area contributed by atoms with Crippen LogP contribution in [-0.2, 0) is 4.74 Å². The number of hydrogen-bond acceptors (Lipinski definition) is 5. The number of hydrogen-bond donors (Lipinski definition) is 2. The number of non-ortho nitro benzene ring substituents is 1. The van der Waals surface area contributed by atoms with E-state index in [0.29, 0.717) is 13.0 Å². The van der Waals surface area contributed by atoms with Crippen LogP contribution < -0.4 is 5.32 Å². The van der Waals surface area contributed by atoms with Crippen molar-refractivity contribution >= 4 is 11.4 Å². The Kier molecular flexibility index (Phi) is 5.47. The van der Waals surface area contributed by atoms with E-state index in [-0.39, 0.29) is 24.0 Å². The minimum absolute atomic E-state index is 0.0571. The van der Waals surface area contributed by atoms with E-state index in [1.165, 1.54) is 13.2 Å². The number of ether oxygens (including phenoxy) is 1. The highest BCUT2D eigenvalue weighted by atomic mass is 19.1. The summed E-state index contributed by atoms with van der Waals surface area (Å²) < 4.78 is 18.1. The van der Waals surface area contributed by atoms with Crippen molar-refractivity contribution in [2.24, 2.45) is 0 Å². The number of halogens is 1. The molecular formula is C11H15FN2O4. The van der Waals surface area contributed by atoms with Crippen LogP contribution in [0.25, 0.3) is 0 Å². The maximum Gasteiger partial charge on any atom is 0.274 e. The van der Waals surface area contributed by atoms with Crippen molar-refractivity contribution in [3.8, 4) is 0 Å². The Hall–Kier alpha value is -1.73. The average Bonchev–Trinajstić information content (AvgIpc) is 2.28. The van der Waals surface area contributed by atoms with Crippen molar-refractivity contribution in [3.63, 3.8) is 0 Å². The number of methoxy groups -OCH3 is 1. The van der Waals surface area contributed by atoms with E-state index in [9.17, 15) is 14.5 Å². The number of aliphatic hydroxyl groups is 1. The molecule has 0 aliphatic rings. The van der Waals surface area contributed by atoms with E-state index in [2.05, 4.69) is 5.32 Å². The Labute approximate surface area is 104 Å². The lowest BCUT2D eigenvalue weighted by atomic mass is 10.2. The standard InChI is InChI=1S/C11H15FN2O4/c1-18-7-9(2-3-15)13-10-4-8(12)5-11(6-10)14(16)17/h4-6,9,13,15H,2-3,7H2,1H3. The third kappa shape index (κ3) is 4.27. The lowest BCUT2D eigenvalue weighted by Gasteiger charge is -2.18. The Bertz CT molecular complexity index is 408. The van der Waals surface area contributed by atoms with Gasteiger partial charge in [0.05, 0.1) is 23.6 Å². The smallest absolute Gasteiger partial charge is 0.274 e. The third-order valence-electron chi connectivity index (χ3n) is 2.31. The van der Waals surface area contributed by atoms with E-state index in [4.69, 9.17) is 9.84 Å². The molecule has 6 nitrogen and oxygen atoms in total. The molecule has 1 aromatic rings. The van der Waals surface area contributed by atoms with Crippen LogP contribution in [-0.4, -0.2) is 36.4 Å². The number of nitro groups is 1. The molecular weight excluding hydrogens is 243 g/mol. The van der Waals surface area contributed by atoms with E-state index < -0.39 is 10.7 Å². The SMILES string of the molecule is COCC(CCO)Nc1cc(F)cc([N+](=O)[O-])c1. The summed E-state index contributed by atoms with van der Waals surface area (Å²) in [6.45, 7) is 0.253. The molecule has 1 rings (SSSR count). The molecule has 100 valence electrons. The minimum Gasteiger partial charge on any atom is -0.396 e. The summed E-state index contributed by atoms with van der Waals surface area (Å²) >= 11 is 0. The van der Waals surface area contributed by atoms with Crippen molar-refractivity contribution < 1.29 is 19.2 Å². The van der Waals surface area contributed by atoms with E-state index in [1.54, 1.807) is 0 Å². The number of nitrogens with zero attached hydrogens (tertiary/aromatic N) is 1. The van der Waals surface area contributed by atoms with Gasteiger partial charge in [0, 0.05) is 25.5 Å². The zero-order valence-electron chi connectivity index (χ0n) is 9.93. The lowest BCUT2D eigenvalue weighted by Crippen LogP contribution is -2.26. The molecule has 0 spiro atoms. The van der Waals surface area contributed by atoms with Gasteiger partial charge >= 0.3 is 0 Å². The van der Waals surface area contributed by atoms with Gasteiger partial charge in [-0.25, -0.2) is 4.39 Å². The van der Waals surface area contributed by atoms with Gasteiger partial charge in [0.25, 0.3) is 5.69 Å². The van der Waals surface area contributed by atoms with Crippen LogP contribution in [0.2, 0.25) is 0 Å². The van der Waals surface area contributed by atoms with Gasteiger partial charge < -0.3 is 15.2 Å². The first-order valence-corrected chi connectivity index (χ1v) is 5.38. The highest BCUT2D eigenvalue weighted by Crippen LogP contribution is 2.21. The van der Waals surface area contributed by atoms with Crippen molar-refractivity contribution in [2.45, 2.75) is 12.5 Å². The fourth-order valence-corrected chi connectivity index (χ4v) is 1.55. The molecule has 0 aromatic heterocycles. The quantitative estimate of drug-likeness (QED) is 0.572. The summed E-state index contributed by atoms with van der Waals surface area (Å²) in [4.78, 5) is 9.93. The largest absolute Gasteiger partial charge is 0.396 e. The number of nitro benzene ring substituents is 1. The molecule has 0 aliphatic heterocycles. The Morgan fingerprint density at radius 3 is 2.83 bits per heavy atom. The second-order valence-corrected chi connectivity index (χ2v) is 3.76. The van der Waals surface area contributed by atoms with E-state index in [0.717, 1.165) is 12.1 Å². The van der Waals surface area contributed by atoms with Crippen molar-refractivity contribution in [1.82, 2.24) is 0 Å². The van der Waals surface area contributed by atoms with Gasteiger partial charge in [-0.1, -0.05) is 0 Å². The number of benzene rings is 1. The zero-order valence-corrected chi connectivity index (χ0v) is 9.93. The Balaban J connectivity index is 2.84. The molecule has 0 heterocycles. The minimum atomic E-state index is -0.688. The Morgan fingerprint density at radius 1 is 1.56 bits per heavy atom. The number of nitrogens with one attached hydrogen (secondary N) is 1. The predicted molar refractivity (Wildman–Crippen MR) is 64.0 cm³/mol. The van der Waals surface area contributed by atoms with Crippen LogP contribution in [0, 0.1) is 15.9 Å². The molecule has 0 radical (unpaired) electrons. The predicted octanol–water partition coefficient (Wildman–Crippen LogP) is 1.54. The highest BCUT2D eigenvalue weighted by Gasteiger charge is 2.13. The molecule has 0 saturated heterocycles. The van der Waals surface area contributed by atoms with Gasteiger partial charge in [-0.15, -0.1) is 0 Å². The van der Waals surface area contributed by atoms with Crippen LogP contribution in [0.5, 0.6) is 0 Å². The topological polar surface area (TPSA) is 84.6 Å². The first-order chi connectivity index (χ1) is 8.56. The summed E-state index contributed by atoms with van der Waals surface area (Å²) in [5.74, 6) is -0.688. The number of anilines is 1. The molecule has 0 bridgehead atoms. The van der Waals surface area contributed by atoms with Crippen molar-refractivity contribution in [2.75, 3.05) is 25.6 Å². The molecule has 0 saturated carbocycles. The molecule has 1 aromatic carbocycles. The fourth-order valence-electron chi connectivity index (χ4n) is 1.55. The van der Waals surface area contributed by atoms with E-state index in [1.807, 2.05) is 0 Å².